The number of anilines is 1. The third-order valence-corrected chi connectivity index (χ3v) is 4.83. The SMILES string of the molecule is Cc1nc2nonc2c(N)c1Cc1ccc(C#N)c(O[C@H]2CCCC2=O)c1. The second-order valence-electron chi connectivity index (χ2n) is 6.61. The van der Waals surface area contributed by atoms with Gasteiger partial charge in [-0.15, -0.1) is 0 Å². The van der Waals surface area contributed by atoms with Crippen LogP contribution in [-0.4, -0.2) is 27.2 Å². The molecule has 1 aliphatic carbocycles. The number of carbonyl (C=O) groups excluding carboxylic acids is 1. The first-order chi connectivity index (χ1) is 13.1. The zero-order valence-electron chi connectivity index (χ0n) is 14.7. The monoisotopic (exact) mass is 363 g/mol. The predicted molar refractivity (Wildman–Crippen MR) is 96.0 cm³/mol. The molecule has 0 saturated heterocycles. The summed E-state index contributed by atoms with van der Waals surface area (Å²) in [7, 11) is 0. The summed E-state index contributed by atoms with van der Waals surface area (Å²) in [6.45, 7) is 1.85. The lowest BCUT2D eigenvalue weighted by Crippen LogP contribution is -2.21. The van der Waals surface area contributed by atoms with Gasteiger partial charge in [-0.1, -0.05) is 6.07 Å². The number of hydrogen-bond acceptors (Lipinski definition) is 8. The van der Waals surface area contributed by atoms with Crippen LogP contribution in [0.1, 0.15) is 41.6 Å². The number of Topliss-reactive ketones (excluding diaryl/α,β-unsaturated/α-hetero) is 1. The summed E-state index contributed by atoms with van der Waals surface area (Å²) in [6.07, 6.45) is 2.03. The molecule has 1 saturated carbocycles. The fourth-order valence-electron chi connectivity index (χ4n) is 3.35. The quantitative estimate of drug-likeness (QED) is 0.748. The average molecular weight is 363 g/mol. The van der Waals surface area contributed by atoms with Gasteiger partial charge in [0.2, 0.25) is 5.65 Å². The molecule has 0 spiro atoms. The van der Waals surface area contributed by atoms with Crippen molar-refractivity contribution in [2.24, 2.45) is 0 Å². The molecule has 8 heteroatoms. The largest absolute Gasteiger partial charge is 0.481 e. The Balaban J connectivity index is 1.68. The maximum atomic E-state index is 11.9. The zero-order chi connectivity index (χ0) is 19.0. The molecule has 27 heavy (non-hydrogen) atoms. The number of ketones is 1. The Kier molecular flexibility index (Phi) is 4.20. The van der Waals surface area contributed by atoms with E-state index in [1.54, 1.807) is 12.1 Å². The summed E-state index contributed by atoms with van der Waals surface area (Å²) < 4.78 is 10.6. The number of rotatable bonds is 4. The van der Waals surface area contributed by atoms with E-state index in [0.29, 0.717) is 47.4 Å². The molecule has 2 heterocycles. The standard InChI is InChI=1S/C19H17N5O3/c1-10-13(17(21)18-19(22-10)24-27-23-18)7-11-5-6-12(9-20)16(8-11)26-15-4-2-3-14(15)25/h5-6,8,15H,2-4,7,21H2,1H3/t15-/m0/s1. The van der Waals surface area contributed by atoms with Crippen LogP contribution in [0.3, 0.4) is 0 Å². The minimum atomic E-state index is -0.474. The normalized spacial score (nSPS) is 16.6. The summed E-state index contributed by atoms with van der Waals surface area (Å²) in [5.74, 6) is 0.501. The molecule has 0 amide bonds. The van der Waals surface area contributed by atoms with Crippen molar-refractivity contribution in [1.82, 2.24) is 15.3 Å². The second-order valence-corrected chi connectivity index (χ2v) is 6.61. The van der Waals surface area contributed by atoms with Crippen molar-refractivity contribution < 1.29 is 14.2 Å². The van der Waals surface area contributed by atoms with Crippen LogP contribution < -0.4 is 10.5 Å². The molecule has 0 radical (unpaired) electrons. The maximum absolute atomic E-state index is 11.9. The fourth-order valence-corrected chi connectivity index (χ4v) is 3.35. The van der Waals surface area contributed by atoms with Gasteiger partial charge in [-0.05, 0) is 47.8 Å². The number of nitrogens with zero attached hydrogens (tertiary/aromatic N) is 4. The Morgan fingerprint density at radius 2 is 2.26 bits per heavy atom. The van der Waals surface area contributed by atoms with Crippen LogP contribution in [0.5, 0.6) is 5.75 Å². The fraction of sp³-hybridized carbons (Fsp3) is 0.316. The maximum Gasteiger partial charge on any atom is 0.226 e. The van der Waals surface area contributed by atoms with Gasteiger partial charge in [0.25, 0.3) is 0 Å². The summed E-state index contributed by atoms with van der Waals surface area (Å²) in [6, 6.07) is 7.43. The van der Waals surface area contributed by atoms with E-state index in [9.17, 15) is 10.1 Å². The number of ether oxygens (including phenoxy) is 1. The van der Waals surface area contributed by atoms with Crippen LogP contribution >= 0.6 is 0 Å². The number of pyridine rings is 1. The molecule has 0 aliphatic heterocycles. The van der Waals surface area contributed by atoms with E-state index in [-0.39, 0.29) is 5.78 Å². The number of fused-ring (bicyclic) bond motifs is 1. The van der Waals surface area contributed by atoms with Crippen LogP contribution in [0.4, 0.5) is 5.69 Å². The molecule has 4 rings (SSSR count). The van der Waals surface area contributed by atoms with E-state index >= 15 is 0 Å². The molecule has 1 atom stereocenters. The highest BCUT2D eigenvalue weighted by Crippen LogP contribution is 2.29. The molecular weight excluding hydrogens is 346 g/mol. The molecule has 1 aromatic carbocycles. The highest BCUT2D eigenvalue weighted by atomic mass is 16.6. The Bertz CT molecular complexity index is 1080. The van der Waals surface area contributed by atoms with Gasteiger partial charge in [-0.2, -0.15) is 5.26 Å². The van der Waals surface area contributed by atoms with Gasteiger partial charge in [-0.25, -0.2) is 9.61 Å². The van der Waals surface area contributed by atoms with E-state index in [1.165, 1.54) is 0 Å². The number of aromatic nitrogens is 3. The smallest absolute Gasteiger partial charge is 0.226 e. The van der Waals surface area contributed by atoms with Crippen LogP contribution in [0.15, 0.2) is 22.8 Å². The highest BCUT2D eigenvalue weighted by molar-refractivity contribution is 5.86. The van der Waals surface area contributed by atoms with Gasteiger partial charge in [0.15, 0.2) is 17.4 Å². The Labute approximate surface area is 154 Å². The summed E-state index contributed by atoms with van der Waals surface area (Å²) >= 11 is 0. The molecule has 8 nitrogen and oxygen atoms in total. The topological polar surface area (TPSA) is 128 Å². The summed E-state index contributed by atoms with van der Waals surface area (Å²) in [5, 5.41) is 16.9. The van der Waals surface area contributed by atoms with Crippen molar-refractivity contribution >= 4 is 22.6 Å². The second kappa shape index (κ2) is 6.68. The lowest BCUT2D eigenvalue weighted by Gasteiger charge is -2.15. The van der Waals surface area contributed by atoms with Crippen molar-refractivity contribution in [3.8, 4) is 11.8 Å². The lowest BCUT2D eigenvalue weighted by atomic mass is 10.00. The Morgan fingerprint density at radius 1 is 1.41 bits per heavy atom. The molecule has 3 aromatic rings. The van der Waals surface area contributed by atoms with Gasteiger partial charge >= 0.3 is 0 Å². The molecule has 2 aromatic heterocycles. The van der Waals surface area contributed by atoms with Crippen molar-refractivity contribution in [2.45, 2.75) is 38.7 Å². The minimum Gasteiger partial charge on any atom is -0.481 e. The van der Waals surface area contributed by atoms with Gasteiger partial charge in [-0.3, -0.25) is 4.79 Å². The number of benzene rings is 1. The van der Waals surface area contributed by atoms with E-state index in [0.717, 1.165) is 23.2 Å². The highest BCUT2D eigenvalue weighted by Gasteiger charge is 2.27. The first kappa shape index (κ1) is 17.0. The van der Waals surface area contributed by atoms with Gasteiger partial charge in [0, 0.05) is 24.1 Å². The Hall–Kier alpha value is -3.47. The van der Waals surface area contributed by atoms with Gasteiger partial charge < -0.3 is 10.5 Å². The number of hydrogen-bond donors (Lipinski definition) is 1. The zero-order valence-corrected chi connectivity index (χ0v) is 14.7. The lowest BCUT2D eigenvalue weighted by molar-refractivity contribution is -0.123. The van der Waals surface area contributed by atoms with E-state index < -0.39 is 6.10 Å². The van der Waals surface area contributed by atoms with Crippen LogP contribution in [-0.2, 0) is 11.2 Å². The first-order valence-corrected chi connectivity index (χ1v) is 8.66. The van der Waals surface area contributed by atoms with Crippen molar-refractivity contribution in [1.29, 1.82) is 5.26 Å². The number of nitrogens with two attached hydrogens (primary N) is 1. The van der Waals surface area contributed by atoms with Crippen molar-refractivity contribution in [3.63, 3.8) is 0 Å². The molecule has 1 fully saturated rings. The molecule has 0 bridgehead atoms. The van der Waals surface area contributed by atoms with Crippen molar-refractivity contribution in [2.75, 3.05) is 5.73 Å². The van der Waals surface area contributed by atoms with E-state index in [1.807, 2.05) is 13.0 Å². The summed E-state index contributed by atoms with van der Waals surface area (Å²) in [5.41, 5.74) is 10.3. The minimum absolute atomic E-state index is 0.0811. The third-order valence-electron chi connectivity index (χ3n) is 4.83. The summed E-state index contributed by atoms with van der Waals surface area (Å²) in [4.78, 5) is 16.3. The molecular formula is C19H17N5O3. The Morgan fingerprint density at radius 3 is 3.00 bits per heavy atom. The molecule has 0 unspecified atom stereocenters. The van der Waals surface area contributed by atoms with Crippen LogP contribution in [0.25, 0.3) is 11.2 Å². The molecule has 136 valence electrons. The van der Waals surface area contributed by atoms with E-state index in [2.05, 4.69) is 21.4 Å². The first-order valence-electron chi connectivity index (χ1n) is 8.66. The molecule has 1 aliphatic rings. The van der Waals surface area contributed by atoms with Crippen molar-refractivity contribution in [3.05, 3.63) is 40.6 Å². The number of nitriles is 1. The molecule has 2 N–H and O–H groups in total. The van der Waals surface area contributed by atoms with Gasteiger partial charge in [0.1, 0.15) is 11.8 Å². The van der Waals surface area contributed by atoms with E-state index in [4.69, 9.17) is 15.1 Å². The third kappa shape index (κ3) is 3.08. The van der Waals surface area contributed by atoms with Crippen LogP contribution in [0, 0.1) is 18.3 Å². The predicted octanol–water partition coefficient (Wildman–Crippen LogP) is 2.47. The number of nitrogen functional groups attached to an aromatic ring is 1. The van der Waals surface area contributed by atoms with Crippen LogP contribution in [0.2, 0.25) is 0 Å². The number of carbonyl (C=O) groups is 1. The average Bonchev–Trinajstić information content (AvgIpc) is 3.28. The van der Waals surface area contributed by atoms with Gasteiger partial charge in [0.05, 0.1) is 11.3 Å². The number of aryl methyl sites for hydroxylation is 1.